The third-order valence-electron chi connectivity index (χ3n) is 4.47. The van der Waals surface area contributed by atoms with Gasteiger partial charge < -0.3 is 10.3 Å². The molecule has 0 spiro atoms. The molecule has 0 bridgehead atoms. The Morgan fingerprint density at radius 2 is 2.12 bits per heavy atom. The number of aryl methyl sites for hydroxylation is 1. The van der Waals surface area contributed by atoms with Crippen LogP contribution in [0.1, 0.15) is 38.2 Å². The van der Waals surface area contributed by atoms with Gasteiger partial charge in [-0.1, -0.05) is 19.4 Å². The third kappa shape index (κ3) is 4.28. The van der Waals surface area contributed by atoms with Crippen molar-refractivity contribution in [2.45, 2.75) is 39.0 Å². The zero-order valence-electron chi connectivity index (χ0n) is 15.0. The van der Waals surface area contributed by atoms with Crippen molar-refractivity contribution in [3.63, 3.8) is 0 Å². The van der Waals surface area contributed by atoms with Gasteiger partial charge >= 0.3 is 0 Å². The molecular formula is C21H24FN3O. The number of carbonyl (C=O) groups is 1. The minimum atomic E-state index is -0.261. The van der Waals surface area contributed by atoms with E-state index in [0.717, 1.165) is 47.2 Å². The van der Waals surface area contributed by atoms with Gasteiger partial charge in [-0.25, -0.2) is 4.39 Å². The van der Waals surface area contributed by atoms with E-state index in [0.29, 0.717) is 19.3 Å². The second kappa shape index (κ2) is 8.61. The highest BCUT2D eigenvalue weighted by Gasteiger charge is 2.15. The lowest BCUT2D eigenvalue weighted by Gasteiger charge is -2.06. The van der Waals surface area contributed by atoms with Crippen LogP contribution in [0.3, 0.4) is 0 Å². The lowest BCUT2D eigenvalue weighted by molar-refractivity contribution is -0.121. The number of H-pyrrole nitrogens is 1. The van der Waals surface area contributed by atoms with Gasteiger partial charge in [0.25, 0.3) is 0 Å². The predicted octanol–water partition coefficient (Wildman–Crippen LogP) is 4.61. The lowest BCUT2D eigenvalue weighted by atomic mass is 10.0. The first kappa shape index (κ1) is 18.1. The molecule has 2 heterocycles. The van der Waals surface area contributed by atoms with Crippen molar-refractivity contribution in [3.05, 3.63) is 54.0 Å². The molecule has 26 heavy (non-hydrogen) atoms. The molecule has 3 aromatic rings. The summed E-state index contributed by atoms with van der Waals surface area (Å²) in [6.07, 6.45) is 5.67. The number of nitrogens with one attached hydrogen (secondary N) is 2. The van der Waals surface area contributed by atoms with E-state index in [4.69, 9.17) is 0 Å². The predicted molar refractivity (Wildman–Crippen MR) is 102 cm³/mol. The smallest absolute Gasteiger partial charge is 0.220 e. The summed E-state index contributed by atoms with van der Waals surface area (Å²) in [4.78, 5) is 19.7. The highest BCUT2D eigenvalue weighted by Crippen LogP contribution is 2.31. The second-order valence-electron chi connectivity index (χ2n) is 6.44. The van der Waals surface area contributed by atoms with Gasteiger partial charge in [-0.3, -0.25) is 9.78 Å². The fraction of sp³-hybridized carbons (Fsp3) is 0.333. The Kier molecular flexibility index (Phi) is 6.00. The van der Waals surface area contributed by atoms with Crippen molar-refractivity contribution in [1.82, 2.24) is 15.3 Å². The number of nitrogens with zero attached hydrogens (tertiary/aromatic N) is 1. The summed E-state index contributed by atoms with van der Waals surface area (Å²) < 4.78 is 13.8. The molecule has 5 heteroatoms. The first-order valence-corrected chi connectivity index (χ1v) is 9.17. The summed E-state index contributed by atoms with van der Waals surface area (Å²) in [5, 5.41) is 3.80. The number of unbranched alkanes of at least 4 members (excludes halogenated alkanes) is 1. The van der Waals surface area contributed by atoms with Crippen LogP contribution in [0, 0.1) is 5.82 Å². The summed E-state index contributed by atoms with van der Waals surface area (Å²) in [5.74, 6) is -0.188. The third-order valence-corrected chi connectivity index (χ3v) is 4.47. The normalized spacial score (nSPS) is 11.0. The highest BCUT2D eigenvalue weighted by atomic mass is 19.1. The van der Waals surface area contributed by atoms with Crippen molar-refractivity contribution in [3.8, 4) is 11.4 Å². The lowest BCUT2D eigenvalue weighted by Crippen LogP contribution is -2.24. The number of hydrogen-bond acceptors (Lipinski definition) is 2. The van der Waals surface area contributed by atoms with E-state index in [9.17, 15) is 9.18 Å². The number of rotatable bonds is 8. The SMILES string of the molecule is CCCCNC(=O)CCCc1c(-c2ccccn2)[nH]c2ccc(F)cc12. The summed E-state index contributed by atoms with van der Waals surface area (Å²) in [6, 6.07) is 10.5. The molecule has 0 atom stereocenters. The Hall–Kier alpha value is -2.69. The Balaban J connectivity index is 1.79. The topological polar surface area (TPSA) is 57.8 Å². The standard InChI is InChI=1S/C21H24FN3O/c1-2-3-12-24-20(26)9-6-7-16-17-14-15(22)10-11-18(17)25-21(16)19-8-4-5-13-23-19/h4-5,8,10-11,13-14,25H,2-3,6-7,9,12H2,1H3,(H,24,26). The van der Waals surface area contributed by atoms with Gasteiger partial charge in [0.05, 0.1) is 11.4 Å². The van der Waals surface area contributed by atoms with E-state index in [1.165, 1.54) is 6.07 Å². The van der Waals surface area contributed by atoms with Crippen LogP contribution in [-0.4, -0.2) is 22.4 Å². The van der Waals surface area contributed by atoms with Crippen molar-refractivity contribution in [2.24, 2.45) is 0 Å². The van der Waals surface area contributed by atoms with E-state index < -0.39 is 0 Å². The monoisotopic (exact) mass is 353 g/mol. The number of amides is 1. The summed E-state index contributed by atoms with van der Waals surface area (Å²) in [5.41, 5.74) is 3.62. The largest absolute Gasteiger partial charge is 0.356 e. The molecule has 0 radical (unpaired) electrons. The van der Waals surface area contributed by atoms with Gasteiger partial charge in [-0.15, -0.1) is 0 Å². The zero-order chi connectivity index (χ0) is 18.4. The van der Waals surface area contributed by atoms with Crippen LogP contribution in [-0.2, 0) is 11.2 Å². The number of hydrogen-bond donors (Lipinski definition) is 2. The maximum atomic E-state index is 13.8. The van der Waals surface area contributed by atoms with Crippen LogP contribution < -0.4 is 5.32 Å². The Morgan fingerprint density at radius 3 is 2.88 bits per heavy atom. The molecule has 0 aliphatic rings. The molecule has 3 rings (SSSR count). The number of pyridine rings is 1. The molecule has 0 saturated heterocycles. The van der Waals surface area contributed by atoms with Crippen LogP contribution in [0.2, 0.25) is 0 Å². The van der Waals surface area contributed by atoms with E-state index in [1.807, 2.05) is 18.2 Å². The molecule has 0 unspecified atom stereocenters. The molecule has 0 fully saturated rings. The maximum absolute atomic E-state index is 13.8. The van der Waals surface area contributed by atoms with Crippen LogP contribution in [0.5, 0.6) is 0 Å². The van der Waals surface area contributed by atoms with Gasteiger partial charge in [0.15, 0.2) is 0 Å². The molecular weight excluding hydrogens is 329 g/mol. The quantitative estimate of drug-likeness (QED) is 0.581. The first-order valence-electron chi connectivity index (χ1n) is 9.17. The van der Waals surface area contributed by atoms with E-state index in [1.54, 1.807) is 18.3 Å². The molecule has 2 aromatic heterocycles. The zero-order valence-corrected chi connectivity index (χ0v) is 15.0. The molecule has 1 amide bonds. The van der Waals surface area contributed by atoms with Gasteiger partial charge in [0, 0.05) is 30.1 Å². The van der Waals surface area contributed by atoms with Crippen molar-refractivity contribution in [2.75, 3.05) is 6.54 Å². The van der Waals surface area contributed by atoms with E-state index in [2.05, 4.69) is 22.2 Å². The van der Waals surface area contributed by atoms with E-state index >= 15 is 0 Å². The molecule has 2 N–H and O–H groups in total. The number of carbonyl (C=O) groups excluding carboxylic acids is 1. The Labute approximate surface area is 152 Å². The van der Waals surface area contributed by atoms with Crippen molar-refractivity contribution < 1.29 is 9.18 Å². The molecule has 0 aliphatic carbocycles. The van der Waals surface area contributed by atoms with Crippen LogP contribution in [0.25, 0.3) is 22.3 Å². The number of fused-ring (bicyclic) bond motifs is 1. The Bertz CT molecular complexity index is 874. The van der Waals surface area contributed by atoms with E-state index in [-0.39, 0.29) is 11.7 Å². The molecule has 4 nitrogen and oxygen atoms in total. The van der Waals surface area contributed by atoms with Crippen LogP contribution >= 0.6 is 0 Å². The van der Waals surface area contributed by atoms with Gasteiger partial charge in [-0.2, -0.15) is 0 Å². The minimum Gasteiger partial charge on any atom is -0.356 e. The summed E-state index contributed by atoms with van der Waals surface area (Å²) >= 11 is 0. The maximum Gasteiger partial charge on any atom is 0.220 e. The average molecular weight is 353 g/mol. The van der Waals surface area contributed by atoms with Gasteiger partial charge in [-0.05, 0) is 55.2 Å². The molecule has 1 aromatic carbocycles. The molecule has 0 aliphatic heterocycles. The average Bonchev–Trinajstić information content (AvgIpc) is 3.01. The second-order valence-corrected chi connectivity index (χ2v) is 6.44. The number of benzene rings is 1. The fourth-order valence-electron chi connectivity index (χ4n) is 3.13. The first-order chi connectivity index (χ1) is 12.7. The van der Waals surface area contributed by atoms with Crippen LogP contribution in [0.4, 0.5) is 4.39 Å². The number of halogens is 1. The van der Waals surface area contributed by atoms with Crippen molar-refractivity contribution >= 4 is 16.8 Å². The van der Waals surface area contributed by atoms with Gasteiger partial charge in [0.2, 0.25) is 5.91 Å². The number of aromatic nitrogens is 2. The molecule has 0 saturated carbocycles. The highest BCUT2D eigenvalue weighted by molar-refractivity contribution is 5.90. The number of aromatic amines is 1. The fourth-order valence-corrected chi connectivity index (χ4v) is 3.13. The van der Waals surface area contributed by atoms with Crippen molar-refractivity contribution in [1.29, 1.82) is 0 Å². The minimum absolute atomic E-state index is 0.0730. The van der Waals surface area contributed by atoms with Crippen LogP contribution in [0.15, 0.2) is 42.6 Å². The van der Waals surface area contributed by atoms with Gasteiger partial charge in [0.1, 0.15) is 5.82 Å². The summed E-state index contributed by atoms with van der Waals surface area (Å²) in [6.45, 7) is 2.83. The molecule has 136 valence electrons. The Morgan fingerprint density at radius 1 is 1.23 bits per heavy atom. The summed E-state index contributed by atoms with van der Waals surface area (Å²) in [7, 11) is 0.